The fourth-order valence-corrected chi connectivity index (χ4v) is 3.71. The summed E-state index contributed by atoms with van der Waals surface area (Å²) in [5.41, 5.74) is 1.65. The van der Waals surface area contributed by atoms with Crippen LogP contribution in [-0.2, 0) is 22.5 Å². The van der Waals surface area contributed by atoms with E-state index < -0.39 is 5.60 Å². The lowest BCUT2D eigenvalue weighted by atomic mass is 9.99. The number of fused-ring (bicyclic) bond motifs is 1. The lowest BCUT2D eigenvalue weighted by Crippen LogP contribution is -2.49. The van der Waals surface area contributed by atoms with Gasteiger partial charge in [-0.25, -0.2) is 4.79 Å². The van der Waals surface area contributed by atoms with E-state index >= 15 is 0 Å². The van der Waals surface area contributed by atoms with Gasteiger partial charge in [0.05, 0.1) is 6.20 Å². The van der Waals surface area contributed by atoms with Gasteiger partial charge in [-0.2, -0.15) is 5.10 Å². The monoisotopic (exact) mass is 387 g/mol. The van der Waals surface area contributed by atoms with E-state index in [0.29, 0.717) is 19.6 Å². The summed E-state index contributed by atoms with van der Waals surface area (Å²) in [4.78, 5) is 28.0. The van der Waals surface area contributed by atoms with Crippen LogP contribution in [0.25, 0.3) is 0 Å². The number of piperidine rings is 1. The van der Waals surface area contributed by atoms with Crippen molar-refractivity contribution in [3.63, 3.8) is 0 Å². The van der Waals surface area contributed by atoms with Gasteiger partial charge in [0.25, 0.3) is 0 Å². The van der Waals surface area contributed by atoms with Crippen molar-refractivity contribution < 1.29 is 14.3 Å². The van der Waals surface area contributed by atoms with Gasteiger partial charge in [-0.05, 0) is 51.7 Å². The molecule has 1 N–H and O–H groups in total. The van der Waals surface area contributed by atoms with Crippen LogP contribution in [-0.4, -0.2) is 58.4 Å². The van der Waals surface area contributed by atoms with Crippen LogP contribution in [0, 0.1) is 0 Å². The number of carbonyl (C=O) groups excluding carboxylic acids is 2. The second-order valence-corrected chi connectivity index (χ2v) is 8.32. The fraction of sp³-hybridized carbons (Fsp3) is 0.600. The Morgan fingerprint density at radius 2 is 2.14 bits per heavy atom. The zero-order valence-electron chi connectivity index (χ0n) is 16.9. The molecule has 1 aromatic heterocycles. The van der Waals surface area contributed by atoms with E-state index in [0.717, 1.165) is 42.8 Å². The molecular formula is C20H29N5O3. The predicted octanol–water partition coefficient (Wildman–Crippen LogP) is 2.04. The predicted molar refractivity (Wildman–Crippen MR) is 106 cm³/mol. The van der Waals surface area contributed by atoms with Gasteiger partial charge in [-0.3, -0.25) is 4.79 Å². The van der Waals surface area contributed by atoms with Crippen LogP contribution in [0.15, 0.2) is 18.9 Å². The topological polar surface area (TPSA) is 87.7 Å². The summed E-state index contributed by atoms with van der Waals surface area (Å²) in [6.07, 6.45) is 5.28. The molecule has 0 bridgehead atoms. The molecule has 3 heterocycles. The lowest BCUT2D eigenvalue weighted by molar-refractivity contribution is -0.126. The number of hydrogen-bond acceptors (Lipinski definition) is 6. The van der Waals surface area contributed by atoms with Gasteiger partial charge in [0.15, 0.2) is 5.82 Å². The van der Waals surface area contributed by atoms with E-state index in [9.17, 15) is 9.59 Å². The second-order valence-electron chi connectivity index (χ2n) is 8.32. The summed E-state index contributed by atoms with van der Waals surface area (Å²) in [5, 5.41) is 11.5. The number of nitrogens with one attached hydrogen (secondary N) is 1. The normalized spacial score (nSPS) is 19.6. The van der Waals surface area contributed by atoms with Gasteiger partial charge < -0.3 is 19.9 Å². The van der Waals surface area contributed by atoms with Crippen LogP contribution in [0.3, 0.4) is 0 Å². The Bertz CT molecular complexity index is 759. The number of amides is 2. The van der Waals surface area contributed by atoms with Crippen molar-refractivity contribution in [3.05, 3.63) is 30.0 Å². The first-order valence-corrected chi connectivity index (χ1v) is 9.76. The molecule has 8 nitrogen and oxygen atoms in total. The molecule has 28 heavy (non-hydrogen) atoms. The van der Waals surface area contributed by atoms with Gasteiger partial charge in [0, 0.05) is 37.8 Å². The number of ether oxygens (including phenoxy) is 1. The van der Waals surface area contributed by atoms with Crippen molar-refractivity contribution in [2.75, 3.05) is 24.5 Å². The van der Waals surface area contributed by atoms with Gasteiger partial charge >= 0.3 is 6.09 Å². The van der Waals surface area contributed by atoms with E-state index in [4.69, 9.17) is 4.74 Å². The summed E-state index contributed by atoms with van der Waals surface area (Å²) >= 11 is 0. The second kappa shape index (κ2) is 8.16. The molecule has 1 aromatic rings. The van der Waals surface area contributed by atoms with Crippen molar-refractivity contribution in [2.45, 2.75) is 58.2 Å². The van der Waals surface area contributed by atoms with Crippen molar-refractivity contribution in [2.24, 2.45) is 0 Å². The van der Waals surface area contributed by atoms with Crippen molar-refractivity contribution in [3.8, 4) is 0 Å². The van der Waals surface area contributed by atoms with Crippen LogP contribution in [0.5, 0.6) is 0 Å². The molecule has 0 radical (unpaired) electrons. The molecule has 2 aliphatic rings. The van der Waals surface area contributed by atoms with E-state index in [1.807, 2.05) is 20.8 Å². The third kappa shape index (κ3) is 4.79. The summed E-state index contributed by atoms with van der Waals surface area (Å²) in [6, 6.07) is 0.00342. The minimum Gasteiger partial charge on any atom is -0.444 e. The zero-order valence-corrected chi connectivity index (χ0v) is 16.9. The van der Waals surface area contributed by atoms with E-state index in [-0.39, 0.29) is 18.0 Å². The molecule has 0 unspecified atom stereocenters. The molecule has 0 spiro atoms. The number of alkyl carbamates (subject to hydrolysis) is 1. The molecule has 1 atom stereocenters. The van der Waals surface area contributed by atoms with Crippen LogP contribution < -0.4 is 10.2 Å². The summed E-state index contributed by atoms with van der Waals surface area (Å²) in [6.45, 7) is 11.8. The van der Waals surface area contributed by atoms with Crippen molar-refractivity contribution in [1.82, 2.24) is 20.4 Å². The molecule has 0 aliphatic carbocycles. The van der Waals surface area contributed by atoms with Gasteiger partial charge in [-0.1, -0.05) is 6.58 Å². The molecule has 8 heteroatoms. The fourth-order valence-electron chi connectivity index (χ4n) is 3.71. The Morgan fingerprint density at radius 1 is 1.36 bits per heavy atom. The first kappa shape index (κ1) is 20.1. The minimum atomic E-state index is -0.517. The van der Waals surface area contributed by atoms with Crippen molar-refractivity contribution in [1.29, 1.82) is 0 Å². The largest absolute Gasteiger partial charge is 0.444 e. The highest BCUT2D eigenvalue weighted by atomic mass is 16.6. The molecule has 3 rings (SSSR count). The van der Waals surface area contributed by atoms with Crippen LogP contribution in [0.4, 0.5) is 10.6 Å². The highest BCUT2D eigenvalue weighted by Crippen LogP contribution is 2.28. The van der Waals surface area contributed by atoms with E-state index in [2.05, 4.69) is 27.0 Å². The Morgan fingerprint density at radius 3 is 2.86 bits per heavy atom. The number of anilines is 1. The minimum absolute atomic E-state index is 0.00342. The zero-order chi connectivity index (χ0) is 20.3. The Kier molecular flexibility index (Phi) is 5.86. The van der Waals surface area contributed by atoms with Gasteiger partial charge in [0.2, 0.25) is 5.91 Å². The Balaban J connectivity index is 1.70. The number of nitrogens with zero attached hydrogens (tertiary/aromatic N) is 4. The average molecular weight is 387 g/mol. The SMILES string of the molecule is C=CC(=O)N1CCc2c(cnnc2N2CCC[C@@H](NC(=O)OC(C)(C)C)C2)C1. The molecule has 0 saturated carbocycles. The third-order valence-electron chi connectivity index (χ3n) is 4.94. The number of rotatable bonds is 3. The first-order chi connectivity index (χ1) is 13.3. The summed E-state index contributed by atoms with van der Waals surface area (Å²) in [5.74, 6) is 0.794. The molecule has 2 aliphatic heterocycles. The maximum absolute atomic E-state index is 12.1. The molecular weight excluding hydrogens is 358 g/mol. The average Bonchev–Trinajstić information content (AvgIpc) is 2.65. The van der Waals surface area contributed by atoms with E-state index in [1.165, 1.54) is 6.08 Å². The maximum Gasteiger partial charge on any atom is 0.407 e. The quantitative estimate of drug-likeness (QED) is 0.799. The summed E-state index contributed by atoms with van der Waals surface area (Å²) < 4.78 is 5.37. The molecule has 2 amide bonds. The number of hydrogen-bond donors (Lipinski definition) is 1. The number of aromatic nitrogens is 2. The third-order valence-corrected chi connectivity index (χ3v) is 4.94. The Labute approximate surface area is 165 Å². The van der Waals surface area contributed by atoms with Gasteiger partial charge in [0.1, 0.15) is 5.60 Å². The maximum atomic E-state index is 12.1. The number of carbonyl (C=O) groups is 2. The Hall–Kier alpha value is -2.64. The highest BCUT2D eigenvalue weighted by molar-refractivity contribution is 5.87. The molecule has 152 valence electrons. The van der Waals surface area contributed by atoms with Gasteiger partial charge in [-0.15, -0.1) is 5.10 Å². The van der Waals surface area contributed by atoms with Crippen LogP contribution >= 0.6 is 0 Å². The summed E-state index contributed by atoms with van der Waals surface area (Å²) in [7, 11) is 0. The van der Waals surface area contributed by atoms with Crippen molar-refractivity contribution >= 4 is 17.8 Å². The first-order valence-electron chi connectivity index (χ1n) is 9.76. The molecule has 1 fully saturated rings. The standard InChI is InChI=1S/C20H29N5O3/c1-5-17(26)24-10-8-16-14(12-24)11-21-23-18(16)25-9-6-7-15(13-25)22-19(27)28-20(2,3)4/h5,11,15H,1,6-10,12-13H2,2-4H3,(H,22,27)/t15-/m1/s1. The molecule has 0 aromatic carbocycles. The highest BCUT2D eigenvalue weighted by Gasteiger charge is 2.29. The molecule has 1 saturated heterocycles. The van der Waals surface area contributed by atoms with E-state index in [1.54, 1.807) is 11.1 Å². The van der Waals surface area contributed by atoms with Crippen LogP contribution in [0.2, 0.25) is 0 Å². The van der Waals surface area contributed by atoms with Crippen LogP contribution in [0.1, 0.15) is 44.7 Å². The smallest absolute Gasteiger partial charge is 0.407 e. The lowest BCUT2D eigenvalue weighted by Gasteiger charge is -2.36.